The van der Waals surface area contributed by atoms with Crippen molar-refractivity contribution in [3.8, 4) is 11.3 Å². The van der Waals surface area contributed by atoms with Crippen molar-refractivity contribution in [3.05, 3.63) is 78.1 Å². The van der Waals surface area contributed by atoms with Crippen LogP contribution in [0.4, 0.5) is 30.5 Å². The predicted molar refractivity (Wildman–Crippen MR) is 165 cm³/mol. The first-order valence-electron chi connectivity index (χ1n) is 14.2. The van der Waals surface area contributed by atoms with Crippen molar-refractivity contribution in [2.75, 3.05) is 41.7 Å². The SMILES string of the molecule is C=CC(=O)Nc1cc(C(=O)N2CCC(Nc3ncc(Cl)c(-c4c[nH]c5ccccc45)n3)CC2)ccc1N1CC(O)(C(F)(F)F)C1. The minimum atomic E-state index is -4.79. The van der Waals surface area contributed by atoms with Gasteiger partial charge in [-0.15, -0.1) is 0 Å². The first kappa shape index (κ1) is 30.4. The van der Waals surface area contributed by atoms with Crippen LogP contribution in [0.2, 0.25) is 5.02 Å². The lowest BCUT2D eigenvalue weighted by atomic mass is 9.92. The van der Waals surface area contributed by atoms with Crippen molar-refractivity contribution in [2.45, 2.75) is 30.7 Å². The quantitative estimate of drug-likeness (QED) is 0.204. The number of para-hydroxylation sites is 1. The molecule has 2 amide bonds. The molecule has 10 nitrogen and oxygen atoms in total. The third-order valence-electron chi connectivity index (χ3n) is 8.16. The summed E-state index contributed by atoms with van der Waals surface area (Å²) in [5, 5.41) is 17.2. The number of fused-ring (bicyclic) bond motifs is 1. The lowest BCUT2D eigenvalue weighted by molar-refractivity contribution is -0.267. The summed E-state index contributed by atoms with van der Waals surface area (Å²) in [4.78, 5) is 40.7. The predicted octanol–water partition coefficient (Wildman–Crippen LogP) is 5.23. The normalized spacial score (nSPS) is 16.7. The van der Waals surface area contributed by atoms with E-state index in [0.717, 1.165) is 22.5 Å². The van der Waals surface area contributed by atoms with Crippen LogP contribution in [0, 0.1) is 0 Å². The third kappa shape index (κ3) is 5.92. The van der Waals surface area contributed by atoms with Crippen molar-refractivity contribution < 1.29 is 27.9 Å². The summed E-state index contributed by atoms with van der Waals surface area (Å²) in [6.45, 7) is 2.89. The Labute approximate surface area is 260 Å². The molecule has 2 aliphatic rings. The van der Waals surface area contributed by atoms with Crippen LogP contribution >= 0.6 is 11.6 Å². The number of rotatable bonds is 7. The van der Waals surface area contributed by atoms with E-state index in [1.165, 1.54) is 23.1 Å². The summed E-state index contributed by atoms with van der Waals surface area (Å²) >= 11 is 6.46. The largest absolute Gasteiger partial charge is 0.420 e. The Kier molecular flexibility index (Phi) is 7.91. The lowest BCUT2D eigenvalue weighted by Gasteiger charge is -2.48. The maximum Gasteiger partial charge on any atom is 0.420 e. The highest BCUT2D eigenvalue weighted by Gasteiger charge is 2.61. The van der Waals surface area contributed by atoms with Gasteiger partial charge in [0.05, 0.1) is 41.4 Å². The molecule has 0 bridgehead atoms. The highest BCUT2D eigenvalue weighted by Crippen LogP contribution is 2.42. The molecule has 0 saturated carbocycles. The molecule has 0 unspecified atom stereocenters. The zero-order chi connectivity index (χ0) is 31.9. The van der Waals surface area contributed by atoms with E-state index in [1.807, 2.05) is 30.5 Å². The number of anilines is 3. The Morgan fingerprint density at radius 2 is 1.89 bits per heavy atom. The van der Waals surface area contributed by atoms with E-state index in [2.05, 4.69) is 32.2 Å². The molecule has 4 heterocycles. The van der Waals surface area contributed by atoms with Crippen molar-refractivity contribution >= 4 is 51.6 Å². The molecule has 234 valence electrons. The Morgan fingerprint density at radius 1 is 1.16 bits per heavy atom. The van der Waals surface area contributed by atoms with Crippen LogP contribution in [0.5, 0.6) is 0 Å². The van der Waals surface area contributed by atoms with Crippen molar-refractivity contribution in [1.82, 2.24) is 19.9 Å². The Morgan fingerprint density at radius 3 is 2.60 bits per heavy atom. The zero-order valence-electron chi connectivity index (χ0n) is 23.9. The maximum atomic E-state index is 13.4. The van der Waals surface area contributed by atoms with E-state index < -0.39 is 30.8 Å². The number of aliphatic hydroxyl groups is 1. The second kappa shape index (κ2) is 11.7. The fraction of sp³-hybridized carbons (Fsp3) is 0.290. The van der Waals surface area contributed by atoms with Crippen molar-refractivity contribution in [1.29, 1.82) is 0 Å². The summed E-state index contributed by atoms with van der Waals surface area (Å²) in [5.41, 5.74) is 0.262. The second-order valence-corrected chi connectivity index (χ2v) is 11.6. The molecule has 6 rings (SSSR count). The molecule has 4 aromatic rings. The standard InChI is InChI=1S/C31H29ClF3N7O3/c1-2-26(43)39-24-13-18(7-8-25(24)42-16-30(45,17-42)31(33,34)35)28(44)41-11-9-19(10-12-41)38-29-37-15-22(32)27(40-29)21-14-36-23-6-4-3-5-20(21)23/h2-8,13-15,19,36,45H,1,9-12,16-17H2,(H,39,43)(H,37,38,40). The summed E-state index contributed by atoms with van der Waals surface area (Å²) in [6, 6.07) is 12.2. The second-order valence-electron chi connectivity index (χ2n) is 11.2. The Balaban J connectivity index is 1.12. The topological polar surface area (TPSA) is 126 Å². The van der Waals surface area contributed by atoms with Crippen LogP contribution in [0.25, 0.3) is 22.2 Å². The van der Waals surface area contributed by atoms with E-state index in [-0.39, 0.29) is 28.9 Å². The van der Waals surface area contributed by atoms with E-state index >= 15 is 0 Å². The highest BCUT2D eigenvalue weighted by atomic mass is 35.5. The Hall–Kier alpha value is -4.62. The fourth-order valence-electron chi connectivity index (χ4n) is 5.65. The Bertz CT molecular complexity index is 1780. The number of piperidine rings is 1. The fourth-order valence-corrected chi connectivity index (χ4v) is 5.84. The number of halogens is 4. The molecule has 0 atom stereocenters. The van der Waals surface area contributed by atoms with Crippen LogP contribution in [0.1, 0.15) is 23.2 Å². The van der Waals surface area contributed by atoms with Gasteiger partial charge in [0, 0.05) is 47.4 Å². The number of aromatic nitrogens is 3. The molecule has 14 heteroatoms. The molecule has 2 aromatic heterocycles. The number of aromatic amines is 1. The van der Waals surface area contributed by atoms with Crippen molar-refractivity contribution in [3.63, 3.8) is 0 Å². The van der Waals surface area contributed by atoms with Gasteiger partial charge in [-0.25, -0.2) is 9.97 Å². The number of hydrogen-bond acceptors (Lipinski definition) is 7. The first-order chi connectivity index (χ1) is 21.5. The molecule has 45 heavy (non-hydrogen) atoms. The lowest BCUT2D eigenvalue weighted by Crippen LogP contribution is -2.69. The van der Waals surface area contributed by atoms with Crippen LogP contribution in [-0.2, 0) is 4.79 Å². The maximum absolute atomic E-state index is 13.4. The van der Waals surface area contributed by atoms with Crippen LogP contribution in [0.15, 0.2) is 67.5 Å². The molecule has 0 radical (unpaired) electrons. The van der Waals surface area contributed by atoms with Gasteiger partial charge in [-0.2, -0.15) is 13.2 Å². The van der Waals surface area contributed by atoms with Gasteiger partial charge in [0.25, 0.3) is 5.91 Å². The van der Waals surface area contributed by atoms with E-state index in [1.54, 1.807) is 11.1 Å². The van der Waals surface area contributed by atoms with Gasteiger partial charge in [-0.1, -0.05) is 36.4 Å². The van der Waals surface area contributed by atoms with Gasteiger partial charge in [-0.3, -0.25) is 9.59 Å². The van der Waals surface area contributed by atoms with Crippen LogP contribution < -0.4 is 15.5 Å². The molecule has 4 N–H and O–H groups in total. The number of carbonyl (C=O) groups excluding carboxylic acids is 2. The number of hydrogen-bond donors (Lipinski definition) is 4. The van der Waals surface area contributed by atoms with Gasteiger partial charge < -0.3 is 30.5 Å². The van der Waals surface area contributed by atoms with Gasteiger partial charge in [0.2, 0.25) is 11.9 Å². The third-order valence-corrected chi connectivity index (χ3v) is 8.44. The number of H-pyrrole nitrogens is 1. The van der Waals surface area contributed by atoms with E-state index in [4.69, 9.17) is 11.6 Å². The number of benzene rings is 2. The minimum absolute atomic E-state index is 0.00495. The highest BCUT2D eigenvalue weighted by molar-refractivity contribution is 6.33. The molecule has 0 aliphatic carbocycles. The number of nitrogens with zero attached hydrogens (tertiary/aromatic N) is 4. The molecule has 0 spiro atoms. The van der Waals surface area contributed by atoms with Gasteiger partial charge in [0.15, 0.2) is 5.60 Å². The number of β-amino-alcohol motifs (C(OH)–C–C–N with tert-alkyl or cyclic N) is 1. The smallest absolute Gasteiger partial charge is 0.378 e. The van der Waals surface area contributed by atoms with Crippen LogP contribution in [-0.4, -0.2) is 80.8 Å². The molecular weight excluding hydrogens is 611 g/mol. The average Bonchev–Trinajstić information content (AvgIpc) is 3.44. The number of alkyl halides is 3. The minimum Gasteiger partial charge on any atom is -0.378 e. The van der Waals surface area contributed by atoms with E-state index in [9.17, 15) is 27.9 Å². The van der Waals surface area contributed by atoms with Gasteiger partial charge in [0.1, 0.15) is 0 Å². The van der Waals surface area contributed by atoms with Crippen molar-refractivity contribution in [2.24, 2.45) is 0 Å². The molecular formula is C31H29ClF3N7O3. The van der Waals surface area contributed by atoms with Gasteiger partial charge >= 0.3 is 6.18 Å². The average molecular weight is 640 g/mol. The zero-order valence-corrected chi connectivity index (χ0v) is 24.6. The number of nitrogens with one attached hydrogen (secondary N) is 3. The molecule has 2 saturated heterocycles. The summed E-state index contributed by atoms with van der Waals surface area (Å²) in [7, 11) is 0. The number of amides is 2. The number of likely N-dealkylation sites (tertiary alicyclic amines) is 1. The summed E-state index contributed by atoms with van der Waals surface area (Å²) in [5.74, 6) is -0.448. The summed E-state index contributed by atoms with van der Waals surface area (Å²) in [6.07, 6.45) is 0.878. The van der Waals surface area contributed by atoms with Gasteiger partial charge in [-0.05, 0) is 43.2 Å². The molecule has 2 aromatic carbocycles. The summed E-state index contributed by atoms with van der Waals surface area (Å²) < 4.78 is 39.5. The number of carbonyl (C=O) groups is 2. The monoisotopic (exact) mass is 639 g/mol. The van der Waals surface area contributed by atoms with Crippen LogP contribution in [0.3, 0.4) is 0 Å². The molecule has 2 fully saturated rings. The van der Waals surface area contributed by atoms with E-state index in [0.29, 0.717) is 42.6 Å². The molecule has 2 aliphatic heterocycles. The first-order valence-corrected chi connectivity index (χ1v) is 14.6.